The van der Waals surface area contributed by atoms with Gasteiger partial charge < -0.3 is 9.47 Å². The lowest BCUT2D eigenvalue weighted by Crippen LogP contribution is -2.18. The van der Waals surface area contributed by atoms with Crippen molar-refractivity contribution in [2.24, 2.45) is 0 Å². The number of ether oxygens (including phenoxy) is 2. The van der Waals surface area contributed by atoms with Gasteiger partial charge in [-0.2, -0.15) is 0 Å². The Morgan fingerprint density at radius 3 is 0.789 bits per heavy atom. The fourth-order valence-electron chi connectivity index (χ4n) is 9.16. The molecule has 0 aromatic heterocycles. The van der Waals surface area contributed by atoms with Gasteiger partial charge in [-0.25, -0.2) is 0 Å². The van der Waals surface area contributed by atoms with E-state index in [2.05, 4.69) is 71.1 Å². The molecule has 1 unspecified atom stereocenters. The van der Waals surface area contributed by atoms with E-state index in [4.69, 9.17) is 9.47 Å². The fourth-order valence-corrected chi connectivity index (χ4v) is 9.16. The van der Waals surface area contributed by atoms with Crippen LogP contribution in [0.4, 0.5) is 0 Å². The number of hydrogen-bond donors (Lipinski definition) is 0. The van der Waals surface area contributed by atoms with Gasteiger partial charge in [-0.15, -0.1) is 0 Å². The third kappa shape index (κ3) is 63.9. The zero-order chi connectivity index (χ0) is 52.0. The van der Waals surface area contributed by atoms with Gasteiger partial charge >= 0.3 is 17.9 Å². The third-order valence-electron chi connectivity index (χ3n) is 14.0. The van der Waals surface area contributed by atoms with E-state index >= 15 is 0 Å². The number of allylic oxidation sites excluding steroid dienone is 6. The molecule has 0 N–H and O–H groups in total. The Morgan fingerprint density at radius 1 is 0.268 bits per heavy atom. The number of rotatable bonds is 55. The highest BCUT2D eigenvalue weighted by Crippen LogP contribution is 2.18. The second kappa shape index (κ2) is 63.9. The molecule has 0 fully saturated rings. The van der Waals surface area contributed by atoms with Crippen molar-refractivity contribution in [2.75, 3.05) is 0 Å². The second-order valence-corrected chi connectivity index (χ2v) is 21.3. The Bertz CT molecular complexity index is 1100. The van der Waals surface area contributed by atoms with Gasteiger partial charge in [0.1, 0.15) is 6.10 Å². The number of esters is 3. The Hall–Kier alpha value is -2.17. The lowest BCUT2D eigenvalue weighted by atomic mass is 10.0. The van der Waals surface area contributed by atoms with Crippen molar-refractivity contribution in [2.45, 2.75) is 368 Å². The van der Waals surface area contributed by atoms with E-state index in [-0.39, 0.29) is 24.0 Å². The third-order valence-corrected chi connectivity index (χ3v) is 14.0. The van der Waals surface area contributed by atoms with Crippen molar-refractivity contribution in [3.8, 4) is 0 Å². The molecule has 0 aliphatic carbocycles. The Kier molecular flexibility index (Phi) is 63.9. The minimum atomic E-state index is -0.342. The van der Waals surface area contributed by atoms with Gasteiger partial charge in [0.25, 0.3) is 0 Å². The molecule has 0 aliphatic rings. The molecule has 1 atom stereocenters. The molecule has 5 heteroatoms. The van der Waals surface area contributed by atoms with E-state index in [0.717, 1.165) is 64.2 Å². The molecule has 71 heavy (non-hydrogen) atoms. The van der Waals surface area contributed by atoms with Gasteiger partial charge in [-0.1, -0.05) is 264 Å². The van der Waals surface area contributed by atoms with Crippen molar-refractivity contribution in [1.29, 1.82) is 0 Å². The predicted molar refractivity (Wildman–Crippen MR) is 312 cm³/mol. The summed E-state index contributed by atoms with van der Waals surface area (Å²) in [5.74, 6) is -0.645. The van der Waals surface area contributed by atoms with Gasteiger partial charge in [-0.3, -0.25) is 14.4 Å². The highest BCUT2D eigenvalue weighted by molar-refractivity contribution is 5.85. The maximum atomic E-state index is 12.3. The van der Waals surface area contributed by atoms with Crippen LogP contribution in [0.15, 0.2) is 36.5 Å². The summed E-state index contributed by atoms with van der Waals surface area (Å²) in [4.78, 5) is 36.0. The maximum absolute atomic E-state index is 12.3. The summed E-state index contributed by atoms with van der Waals surface area (Å²) in [6, 6.07) is 0. The Morgan fingerprint density at radius 2 is 0.493 bits per heavy atom. The van der Waals surface area contributed by atoms with E-state index in [1.807, 2.05) is 0 Å². The van der Waals surface area contributed by atoms with Crippen molar-refractivity contribution < 1.29 is 23.9 Å². The standard InChI is InChI=1S/C36H66O3.C30H58O2/c1-3-5-7-9-11-13-15-17-19-21-23-25-27-29-31-33-35(37)39-36(38)34-32-30-28-26-24-22-20-18-16-14-12-10-8-6-4-2;1-4-7-10-12-13-14-15-16-17-18-19-20-21-23-25-28-30(31)32-29(26-9-6-3)27-24-22-11-8-5-2/h17-20H,3-16,21-34H2,1-2H3;16-17,29H,4-15,18-28H2,1-3H3. The second-order valence-electron chi connectivity index (χ2n) is 21.3. The van der Waals surface area contributed by atoms with Crippen LogP contribution in [0.25, 0.3) is 0 Å². The molecule has 0 rings (SSSR count). The van der Waals surface area contributed by atoms with Crippen LogP contribution in [0, 0.1) is 0 Å². The predicted octanol–water partition coefficient (Wildman–Crippen LogP) is 22.6. The first kappa shape index (κ1) is 70.9. The first-order chi connectivity index (χ1) is 34.9. The van der Waals surface area contributed by atoms with Crippen LogP contribution < -0.4 is 0 Å². The van der Waals surface area contributed by atoms with Gasteiger partial charge in [-0.05, 0) is 116 Å². The summed E-state index contributed by atoms with van der Waals surface area (Å²) < 4.78 is 10.8. The summed E-state index contributed by atoms with van der Waals surface area (Å²) >= 11 is 0. The normalized spacial score (nSPS) is 12.0. The summed E-state index contributed by atoms with van der Waals surface area (Å²) in [7, 11) is 0. The average molecular weight is 998 g/mol. The number of hydrogen-bond acceptors (Lipinski definition) is 5. The highest BCUT2D eigenvalue weighted by atomic mass is 16.6. The molecule has 0 radical (unpaired) electrons. The van der Waals surface area contributed by atoms with Gasteiger partial charge in [0.05, 0.1) is 0 Å². The zero-order valence-electron chi connectivity index (χ0n) is 48.6. The van der Waals surface area contributed by atoms with Crippen molar-refractivity contribution in [3.05, 3.63) is 36.5 Å². The molecule has 0 aliphatic heterocycles. The SMILES string of the molecule is CCCCCCCCC=CCCCCCCCC(=O)OC(=O)CCCCCCCC=CCCCCCCCC.CCCCCCCCC=CCCCCCCCC(=O)OC(CCCC)CCCCCCC. The van der Waals surface area contributed by atoms with Crippen LogP contribution in [0.1, 0.15) is 362 Å². The number of carbonyl (C=O) groups excluding carboxylic acids is 3. The number of unbranched alkanes of at least 4 members (excludes halogenated alkanes) is 38. The van der Waals surface area contributed by atoms with E-state index < -0.39 is 0 Å². The highest BCUT2D eigenvalue weighted by Gasteiger charge is 2.14. The van der Waals surface area contributed by atoms with Crippen molar-refractivity contribution in [3.63, 3.8) is 0 Å². The van der Waals surface area contributed by atoms with Crippen molar-refractivity contribution in [1.82, 2.24) is 0 Å². The minimum Gasteiger partial charge on any atom is -0.462 e. The first-order valence-electron chi connectivity index (χ1n) is 31.8. The van der Waals surface area contributed by atoms with Gasteiger partial charge in [0, 0.05) is 19.3 Å². The van der Waals surface area contributed by atoms with E-state index in [1.165, 1.54) is 244 Å². The molecule has 0 saturated carbocycles. The van der Waals surface area contributed by atoms with Gasteiger partial charge in [0.2, 0.25) is 0 Å². The maximum Gasteiger partial charge on any atom is 0.313 e. The van der Waals surface area contributed by atoms with Crippen LogP contribution in [0.5, 0.6) is 0 Å². The Labute approximate surface area is 444 Å². The molecule has 418 valence electrons. The monoisotopic (exact) mass is 997 g/mol. The molecule has 0 saturated heterocycles. The van der Waals surface area contributed by atoms with E-state index in [9.17, 15) is 14.4 Å². The molecule has 0 heterocycles. The summed E-state index contributed by atoms with van der Waals surface area (Å²) in [5.41, 5.74) is 0. The quantitative estimate of drug-likeness (QED) is 0.0263. The van der Waals surface area contributed by atoms with E-state index in [0.29, 0.717) is 19.3 Å². The summed E-state index contributed by atoms with van der Waals surface area (Å²) in [6.07, 6.45) is 75.4. The molecule has 0 bridgehead atoms. The van der Waals surface area contributed by atoms with Crippen LogP contribution in [-0.4, -0.2) is 24.0 Å². The summed E-state index contributed by atoms with van der Waals surface area (Å²) in [6.45, 7) is 11.3. The van der Waals surface area contributed by atoms with Crippen LogP contribution in [-0.2, 0) is 23.9 Å². The smallest absolute Gasteiger partial charge is 0.313 e. The topological polar surface area (TPSA) is 69.7 Å². The largest absolute Gasteiger partial charge is 0.462 e. The fraction of sp³-hybridized carbons (Fsp3) is 0.864. The molecule has 0 amide bonds. The molecule has 0 aromatic rings. The summed E-state index contributed by atoms with van der Waals surface area (Å²) in [5, 5.41) is 0. The molecule has 0 aromatic carbocycles. The van der Waals surface area contributed by atoms with Gasteiger partial charge in [0.15, 0.2) is 0 Å². The molecular formula is C66H124O5. The van der Waals surface area contributed by atoms with Crippen LogP contribution in [0.3, 0.4) is 0 Å². The average Bonchev–Trinajstić information content (AvgIpc) is 3.36. The molecular weight excluding hydrogens is 873 g/mol. The molecule has 0 spiro atoms. The van der Waals surface area contributed by atoms with Crippen LogP contribution >= 0.6 is 0 Å². The lowest BCUT2D eigenvalue weighted by Gasteiger charge is -2.18. The lowest BCUT2D eigenvalue weighted by molar-refractivity contribution is -0.160. The minimum absolute atomic E-state index is 0.0392. The van der Waals surface area contributed by atoms with Crippen LogP contribution in [0.2, 0.25) is 0 Å². The number of carbonyl (C=O) groups is 3. The van der Waals surface area contributed by atoms with Crippen molar-refractivity contribution >= 4 is 17.9 Å². The van der Waals surface area contributed by atoms with E-state index in [1.54, 1.807) is 0 Å². The first-order valence-corrected chi connectivity index (χ1v) is 31.8. The Balaban J connectivity index is 0. The molecule has 5 nitrogen and oxygen atoms in total. The zero-order valence-corrected chi connectivity index (χ0v) is 48.6.